The van der Waals surface area contributed by atoms with Crippen molar-refractivity contribution in [2.24, 2.45) is 5.41 Å². The number of rotatable bonds is 10. The van der Waals surface area contributed by atoms with Gasteiger partial charge >= 0.3 is 0 Å². The first-order valence-corrected chi connectivity index (χ1v) is 16.2. The van der Waals surface area contributed by atoms with Crippen molar-refractivity contribution in [2.45, 2.75) is 77.0 Å². The zero-order chi connectivity index (χ0) is 24.9. The Hall–Kier alpha value is -1.74. The molecular formula is C28H40O6Si. The highest BCUT2D eigenvalue weighted by Crippen LogP contribution is 2.54. The van der Waals surface area contributed by atoms with E-state index < -0.39 is 31.9 Å². The normalized spacial score (nSPS) is 21.1. The Kier molecular flexibility index (Phi) is 8.36. The van der Waals surface area contributed by atoms with Crippen LogP contribution >= 0.6 is 0 Å². The number of hydrogen-bond acceptors (Lipinski definition) is 6. The lowest BCUT2D eigenvalue weighted by Gasteiger charge is -2.50. The van der Waals surface area contributed by atoms with Crippen molar-refractivity contribution >= 4 is 8.32 Å². The summed E-state index contributed by atoms with van der Waals surface area (Å²) in [5.74, 6) is 0.239. The maximum Gasteiger partial charge on any atom is 0.187 e. The second-order valence-corrected chi connectivity index (χ2v) is 15.1. The van der Waals surface area contributed by atoms with E-state index in [-0.39, 0.29) is 0 Å². The molecule has 6 nitrogen and oxygen atoms in total. The number of aliphatic hydroxyl groups excluding tert-OH is 1. The molecule has 1 aliphatic heterocycles. The second-order valence-electron chi connectivity index (χ2n) is 10.6. The van der Waals surface area contributed by atoms with E-state index in [1.807, 2.05) is 61.5 Å². The van der Waals surface area contributed by atoms with Gasteiger partial charge in [0.25, 0.3) is 0 Å². The Morgan fingerprint density at radius 3 is 2.11 bits per heavy atom. The molecule has 1 aliphatic carbocycles. The molecule has 0 radical (unpaired) electrons. The topological polar surface area (TPSA) is 66.4 Å². The summed E-state index contributed by atoms with van der Waals surface area (Å²) in [6.07, 6.45) is 1.55. The third-order valence-corrected chi connectivity index (χ3v) is 7.91. The molecule has 4 rings (SSSR count). The fourth-order valence-electron chi connectivity index (χ4n) is 5.13. The molecular weight excluding hydrogens is 460 g/mol. The Bertz CT molecular complexity index is 911. The van der Waals surface area contributed by atoms with Crippen molar-refractivity contribution in [1.82, 2.24) is 0 Å². The highest BCUT2D eigenvalue weighted by Gasteiger charge is 2.55. The standard InChI is InChI=1S/C28H40O6Si/c1-5-30-26(34-35(2,3)4)27(15-17-28(18-16-27)32-19-20-33-28)25(29)23-11-13-24(14-12-23)31-21-22-9-7-6-8-10-22/h6-14,25-26,29H,5,15-21H2,1-4H3/t25-,26?/m0/s1. The minimum atomic E-state index is -1.95. The molecule has 0 aromatic heterocycles. The molecule has 1 spiro atoms. The Labute approximate surface area is 210 Å². The highest BCUT2D eigenvalue weighted by molar-refractivity contribution is 6.69. The van der Waals surface area contributed by atoms with Gasteiger partial charge in [0.1, 0.15) is 12.4 Å². The predicted molar refractivity (Wildman–Crippen MR) is 138 cm³/mol. The van der Waals surface area contributed by atoms with Crippen LogP contribution in [-0.4, -0.2) is 45.3 Å². The van der Waals surface area contributed by atoms with Crippen LogP contribution in [0.25, 0.3) is 0 Å². The van der Waals surface area contributed by atoms with Gasteiger partial charge in [-0.15, -0.1) is 0 Å². The van der Waals surface area contributed by atoms with Crippen LogP contribution in [-0.2, 0) is 25.2 Å². The summed E-state index contributed by atoms with van der Waals surface area (Å²) >= 11 is 0. The summed E-state index contributed by atoms with van der Waals surface area (Å²) in [6.45, 7) is 10.7. The molecule has 1 heterocycles. The molecule has 0 bridgehead atoms. The monoisotopic (exact) mass is 500 g/mol. The van der Waals surface area contributed by atoms with Crippen LogP contribution in [0.1, 0.15) is 49.8 Å². The predicted octanol–water partition coefficient (Wildman–Crippen LogP) is 5.82. The molecule has 1 unspecified atom stereocenters. The lowest BCUT2D eigenvalue weighted by atomic mass is 9.66. The molecule has 2 aromatic carbocycles. The van der Waals surface area contributed by atoms with Gasteiger partial charge in [0, 0.05) is 19.4 Å². The molecule has 7 heteroatoms. The Morgan fingerprint density at radius 1 is 0.914 bits per heavy atom. The molecule has 35 heavy (non-hydrogen) atoms. The summed E-state index contributed by atoms with van der Waals surface area (Å²) < 4.78 is 30.7. The van der Waals surface area contributed by atoms with Crippen molar-refractivity contribution < 1.29 is 28.5 Å². The van der Waals surface area contributed by atoms with E-state index in [0.717, 1.165) is 16.9 Å². The molecule has 2 aliphatic rings. The summed E-state index contributed by atoms with van der Waals surface area (Å²) in [6, 6.07) is 17.9. The van der Waals surface area contributed by atoms with Crippen LogP contribution in [0, 0.1) is 5.41 Å². The fourth-order valence-corrected chi connectivity index (χ4v) is 6.07. The van der Waals surface area contributed by atoms with E-state index >= 15 is 0 Å². The van der Waals surface area contributed by atoms with E-state index in [1.54, 1.807) is 0 Å². The fraction of sp³-hybridized carbons (Fsp3) is 0.571. The third kappa shape index (κ3) is 6.34. The van der Waals surface area contributed by atoms with Gasteiger partial charge < -0.3 is 28.5 Å². The van der Waals surface area contributed by atoms with E-state index in [1.165, 1.54) is 0 Å². The van der Waals surface area contributed by atoms with Gasteiger partial charge in [-0.05, 0) is 62.7 Å². The zero-order valence-corrected chi connectivity index (χ0v) is 22.5. The minimum absolute atomic E-state index is 0.498. The quantitative estimate of drug-likeness (QED) is 0.328. The first-order chi connectivity index (χ1) is 16.8. The molecule has 2 aromatic rings. The van der Waals surface area contributed by atoms with Crippen molar-refractivity contribution in [3.63, 3.8) is 0 Å². The van der Waals surface area contributed by atoms with Crippen molar-refractivity contribution in [2.75, 3.05) is 19.8 Å². The molecule has 1 N–H and O–H groups in total. The summed E-state index contributed by atoms with van der Waals surface area (Å²) in [4.78, 5) is 0. The van der Waals surface area contributed by atoms with Crippen molar-refractivity contribution in [3.8, 4) is 5.75 Å². The highest BCUT2D eigenvalue weighted by atomic mass is 28.4. The van der Waals surface area contributed by atoms with Gasteiger partial charge in [-0.2, -0.15) is 0 Å². The van der Waals surface area contributed by atoms with Crippen LogP contribution in [0.5, 0.6) is 5.75 Å². The van der Waals surface area contributed by atoms with Crippen molar-refractivity contribution in [1.29, 1.82) is 0 Å². The lowest BCUT2D eigenvalue weighted by Crippen LogP contribution is -2.53. The van der Waals surface area contributed by atoms with E-state index in [9.17, 15) is 5.11 Å². The minimum Gasteiger partial charge on any atom is -0.489 e. The van der Waals surface area contributed by atoms with E-state index in [4.69, 9.17) is 23.4 Å². The number of benzene rings is 2. The van der Waals surface area contributed by atoms with Crippen LogP contribution in [0.3, 0.4) is 0 Å². The molecule has 1 saturated heterocycles. The second kappa shape index (κ2) is 11.1. The average Bonchev–Trinajstić information content (AvgIpc) is 3.31. The smallest absolute Gasteiger partial charge is 0.187 e. The first-order valence-electron chi connectivity index (χ1n) is 12.8. The zero-order valence-electron chi connectivity index (χ0n) is 21.5. The number of aliphatic hydroxyl groups is 1. The summed E-state index contributed by atoms with van der Waals surface area (Å²) in [5.41, 5.74) is 1.36. The molecule has 192 valence electrons. The van der Waals surface area contributed by atoms with Crippen LogP contribution in [0.2, 0.25) is 19.6 Å². The van der Waals surface area contributed by atoms with Crippen LogP contribution in [0.4, 0.5) is 0 Å². The third-order valence-electron chi connectivity index (χ3n) is 6.99. The molecule has 2 atom stereocenters. The summed E-state index contributed by atoms with van der Waals surface area (Å²) in [5, 5.41) is 11.9. The van der Waals surface area contributed by atoms with Gasteiger partial charge in [0.2, 0.25) is 0 Å². The Balaban J connectivity index is 1.55. The maximum absolute atomic E-state index is 11.9. The van der Waals surface area contributed by atoms with Gasteiger partial charge in [-0.25, -0.2) is 0 Å². The van der Waals surface area contributed by atoms with Gasteiger partial charge in [0.15, 0.2) is 20.4 Å². The van der Waals surface area contributed by atoms with Gasteiger partial charge in [-0.1, -0.05) is 42.5 Å². The van der Waals surface area contributed by atoms with E-state index in [2.05, 4.69) is 19.6 Å². The lowest BCUT2D eigenvalue weighted by molar-refractivity contribution is -0.252. The average molecular weight is 501 g/mol. The van der Waals surface area contributed by atoms with Gasteiger partial charge in [0.05, 0.1) is 24.7 Å². The van der Waals surface area contributed by atoms with Crippen LogP contribution < -0.4 is 4.74 Å². The maximum atomic E-state index is 11.9. The SMILES string of the molecule is CCOC(O[Si](C)(C)C)C1([C@@H](O)c2ccc(OCc3ccccc3)cc2)CCC2(CC1)OCCO2. The van der Waals surface area contributed by atoms with Crippen molar-refractivity contribution in [3.05, 3.63) is 65.7 Å². The number of ether oxygens (including phenoxy) is 4. The van der Waals surface area contributed by atoms with Crippen LogP contribution in [0.15, 0.2) is 54.6 Å². The summed E-state index contributed by atoms with van der Waals surface area (Å²) in [7, 11) is -1.95. The number of hydrogen-bond donors (Lipinski definition) is 1. The van der Waals surface area contributed by atoms with Gasteiger partial charge in [-0.3, -0.25) is 0 Å². The largest absolute Gasteiger partial charge is 0.489 e. The first kappa shape index (κ1) is 26.3. The molecule has 2 fully saturated rings. The molecule has 0 amide bonds. The Morgan fingerprint density at radius 2 is 1.54 bits per heavy atom. The van der Waals surface area contributed by atoms with E-state index in [0.29, 0.717) is 52.1 Å². The molecule has 1 saturated carbocycles.